The van der Waals surface area contributed by atoms with Crippen LogP contribution in [0.3, 0.4) is 0 Å². The zero-order valence-electron chi connectivity index (χ0n) is 11.0. The van der Waals surface area contributed by atoms with Crippen LogP contribution >= 0.6 is 27.7 Å². The van der Waals surface area contributed by atoms with Gasteiger partial charge in [0.1, 0.15) is 17.0 Å². The summed E-state index contributed by atoms with van der Waals surface area (Å²) < 4.78 is 2.68. The first-order chi connectivity index (χ1) is 10.8. The van der Waals surface area contributed by atoms with Crippen LogP contribution in [0.4, 0.5) is 0 Å². The lowest BCUT2D eigenvalue weighted by atomic mass is 10.3. The van der Waals surface area contributed by atoms with Crippen LogP contribution in [0.1, 0.15) is 0 Å². The first-order valence-electron chi connectivity index (χ1n) is 6.31. The Labute approximate surface area is 137 Å². The Hall–Kier alpha value is -2.26. The summed E-state index contributed by atoms with van der Waals surface area (Å²) in [6, 6.07) is 9.71. The van der Waals surface area contributed by atoms with Crippen molar-refractivity contribution in [3.8, 4) is 5.69 Å². The summed E-state index contributed by atoms with van der Waals surface area (Å²) in [4.78, 5) is 11.6. The SMILES string of the molecule is Brc1ccc(-n2nnnc2Sc2ncnc3[nH]ccc23)cc1. The molecular formula is C13H8BrN7S. The predicted octanol–water partition coefficient (Wildman–Crippen LogP) is 2.85. The molecule has 1 N–H and O–H groups in total. The maximum atomic E-state index is 4.32. The molecule has 0 aliphatic rings. The van der Waals surface area contributed by atoms with Gasteiger partial charge in [-0.25, -0.2) is 9.97 Å². The number of aromatic amines is 1. The van der Waals surface area contributed by atoms with Crippen LogP contribution in [0.2, 0.25) is 0 Å². The van der Waals surface area contributed by atoms with Crippen molar-refractivity contribution in [1.29, 1.82) is 0 Å². The van der Waals surface area contributed by atoms with E-state index in [1.54, 1.807) is 4.68 Å². The van der Waals surface area contributed by atoms with Crippen molar-refractivity contribution in [3.05, 3.63) is 47.3 Å². The van der Waals surface area contributed by atoms with Gasteiger partial charge in [-0.2, -0.15) is 4.68 Å². The van der Waals surface area contributed by atoms with Gasteiger partial charge >= 0.3 is 0 Å². The molecule has 0 amide bonds. The van der Waals surface area contributed by atoms with Gasteiger partial charge in [0.15, 0.2) is 0 Å². The molecule has 0 saturated carbocycles. The lowest BCUT2D eigenvalue weighted by molar-refractivity contribution is 0.756. The number of tetrazole rings is 1. The highest BCUT2D eigenvalue weighted by Crippen LogP contribution is 2.30. The molecule has 0 aliphatic carbocycles. The molecule has 1 aromatic carbocycles. The molecular weight excluding hydrogens is 366 g/mol. The minimum atomic E-state index is 0.642. The van der Waals surface area contributed by atoms with Crippen LogP contribution in [0.25, 0.3) is 16.7 Å². The average molecular weight is 374 g/mol. The van der Waals surface area contributed by atoms with Gasteiger partial charge in [0.2, 0.25) is 5.16 Å². The molecule has 0 unspecified atom stereocenters. The van der Waals surface area contributed by atoms with Crippen LogP contribution in [0, 0.1) is 0 Å². The third kappa shape index (κ3) is 2.38. The lowest BCUT2D eigenvalue weighted by Gasteiger charge is -2.04. The molecule has 0 spiro atoms. The Morgan fingerprint density at radius 3 is 2.82 bits per heavy atom. The second-order valence-corrected chi connectivity index (χ2v) is 6.24. The monoisotopic (exact) mass is 373 g/mol. The molecule has 0 aliphatic heterocycles. The Morgan fingerprint density at radius 2 is 1.95 bits per heavy atom. The number of H-pyrrole nitrogens is 1. The van der Waals surface area contributed by atoms with Gasteiger partial charge in [-0.15, -0.1) is 5.10 Å². The highest BCUT2D eigenvalue weighted by Gasteiger charge is 2.13. The second kappa shape index (κ2) is 5.50. The van der Waals surface area contributed by atoms with Crippen LogP contribution in [-0.2, 0) is 0 Å². The van der Waals surface area contributed by atoms with E-state index in [0.717, 1.165) is 26.2 Å². The third-order valence-corrected chi connectivity index (χ3v) is 4.50. The van der Waals surface area contributed by atoms with E-state index in [-0.39, 0.29) is 0 Å². The minimum Gasteiger partial charge on any atom is -0.346 e. The lowest BCUT2D eigenvalue weighted by Crippen LogP contribution is -1.99. The van der Waals surface area contributed by atoms with Crippen LogP contribution in [0.15, 0.2) is 57.5 Å². The Kier molecular flexibility index (Phi) is 3.35. The largest absolute Gasteiger partial charge is 0.346 e. The molecule has 3 aromatic heterocycles. The molecule has 4 aromatic rings. The molecule has 9 heteroatoms. The van der Waals surface area contributed by atoms with Gasteiger partial charge in [-0.1, -0.05) is 15.9 Å². The summed E-state index contributed by atoms with van der Waals surface area (Å²) in [5.41, 5.74) is 1.68. The summed E-state index contributed by atoms with van der Waals surface area (Å²) >= 11 is 4.82. The van der Waals surface area contributed by atoms with E-state index in [1.807, 2.05) is 36.5 Å². The van der Waals surface area contributed by atoms with Gasteiger partial charge < -0.3 is 4.98 Å². The van der Waals surface area contributed by atoms with E-state index in [4.69, 9.17) is 0 Å². The number of nitrogens with zero attached hydrogens (tertiary/aromatic N) is 6. The average Bonchev–Trinajstić information content (AvgIpc) is 3.17. The second-order valence-electron chi connectivity index (χ2n) is 4.37. The summed E-state index contributed by atoms with van der Waals surface area (Å²) in [6.07, 6.45) is 3.36. The normalized spacial score (nSPS) is 11.1. The topological polar surface area (TPSA) is 85.2 Å². The molecule has 108 valence electrons. The quantitative estimate of drug-likeness (QED) is 0.555. The fourth-order valence-electron chi connectivity index (χ4n) is 2.00. The molecule has 3 heterocycles. The highest BCUT2D eigenvalue weighted by atomic mass is 79.9. The smallest absolute Gasteiger partial charge is 0.220 e. The number of hydrogen-bond acceptors (Lipinski definition) is 6. The Morgan fingerprint density at radius 1 is 1.09 bits per heavy atom. The van der Waals surface area contributed by atoms with E-state index in [9.17, 15) is 0 Å². The number of halogens is 1. The molecule has 0 fully saturated rings. The Bertz CT molecular complexity index is 931. The number of fused-ring (bicyclic) bond motifs is 1. The number of benzene rings is 1. The van der Waals surface area contributed by atoms with Crippen molar-refractivity contribution in [2.24, 2.45) is 0 Å². The zero-order valence-corrected chi connectivity index (χ0v) is 13.4. The molecule has 0 saturated heterocycles. The summed E-state index contributed by atoms with van der Waals surface area (Å²) in [7, 11) is 0. The van der Waals surface area contributed by atoms with Gasteiger partial charge in [-0.05, 0) is 52.5 Å². The van der Waals surface area contributed by atoms with Crippen LogP contribution in [-0.4, -0.2) is 35.2 Å². The summed E-state index contributed by atoms with van der Waals surface area (Å²) in [5, 5.41) is 14.3. The van der Waals surface area contributed by atoms with Gasteiger partial charge in [0.25, 0.3) is 0 Å². The number of nitrogens with one attached hydrogen (secondary N) is 1. The molecule has 0 radical (unpaired) electrons. The molecule has 22 heavy (non-hydrogen) atoms. The molecule has 0 bridgehead atoms. The fraction of sp³-hybridized carbons (Fsp3) is 0. The fourth-order valence-corrected chi connectivity index (χ4v) is 3.12. The molecule has 7 nitrogen and oxygen atoms in total. The van der Waals surface area contributed by atoms with Gasteiger partial charge in [0, 0.05) is 10.7 Å². The van der Waals surface area contributed by atoms with Crippen molar-refractivity contribution in [2.45, 2.75) is 10.2 Å². The minimum absolute atomic E-state index is 0.642. The van der Waals surface area contributed by atoms with Gasteiger partial charge in [-0.3, -0.25) is 0 Å². The van der Waals surface area contributed by atoms with E-state index < -0.39 is 0 Å². The molecule has 0 atom stereocenters. The third-order valence-electron chi connectivity index (χ3n) is 3.02. The van der Waals surface area contributed by atoms with Crippen molar-refractivity contribution < 1.29 is 0 Å². The first-order valence-corrected chi connectivity index (χ1v) is 7.92. The maximum Gasteiger partial charge on any atom is 0.220 e. The first kappa shape index (κ1) is 13.4. The van der Waals surface area contributed by atoms with Gasteiger partial charge in [0.05, 0.1) is 11.1 Å². The van der Waals surface area contributed by atoms with Crippen LogP contribution < -0.4 is 0 Å². The number of rotatable bonds is 3. The summed E-state index contributed by atoms with van der Waals surface area (Å²) in [6.45, 7) is 0. The van der Waals surface area contributed by atoms with E-state index in [1.165, 1.54) is 18.1 Å². The Balaban J connectivity index is 1.74. The number of hydrogen-bond donors (Lipinski definition) is 1. The van der Waals surface area contributed by atoms with E-state index in [0.29, 0.717) is 5.16 Å². The molecule has 4 rings (SSSR count). The standard InChI is InChI=1S/C13H8BrN7S/c14-8-1-3-9(4-2-8)21-13(18-19-20-21)22-12-10-5-6-15-11(10)16-7-17-12/h1-7H,(H,15,16,17). The van der Waals surface area contributed by atoms with Crippen LogP contribution in [0.5, 0.6) is 0 Å². The van der Waals surface area contributed by atoms with Crippen molar-refractivity contribution in [3.63, 3.8) is 0 Å². The highest BCUT2D eigenvalue weighted by molar-refractivity contribution is 9.10. The van der Waals surface area contributed by atoms with Crippen molar-refractivity contribution >= 4 is 38.7 Å². The maximum absolute atomic E-state index is 4.32. The van der Waals surface area contributed by atoms with E-state index in [2.05, 4.69) is 46.4 Å². The van der Waals surface area contributed by atoms with Crippen molar-refractivity contribution in [2.75, 3.05) is 0 Å². The van der Waals surface area contributed by atoms with Crippen molar-refractivity contribution in [1.82, 2.24) is 35.2 Å². The predicted molar refractivity (Wildman–Crippen MR) is 84.9 cm³/mol. The van der Waals surface area contributed by atoms with E-state index >= 15 is 0 Å². The zero-order chi connectivity index (χ0) is 14.9. The summed E-state index contributed by atoms with van der Waals surface area (Å²) in [5.74, 6) is 0. The number of aromatic nitrogens is 7.